The summed E-state index contributed by atoms with van der Waals surface area (Å²) in [7, 11) is -4.83. The number of para-hydroxylation sites is 6. The Labute approximate surface area is 335 Å². The summed E-state index contributed by atoms with van der Waals surface area (Å²) in [5, 5.41) is -1.49. The fourth-order valence-corrected chi connectivity index (χ4v) is 9.28. The predicted octanol–water partition coefficient (Wildman–Crippen LogP) is 11.8. The molecule has 4 heterocycles. The molecule has 8 rings (SSSR count). The summed E-state index contributed by atoms with van der Waals surface area (Å²) in [6.07, 6.45) is 7.33. The summed E-state index contributed by atoms with van der Waals surface area (Å²) in [4.78, 5) is 14.7. The predicted molar refractivity (Wildman–Crippen MR) is 226 cm³/mol. The molecule has 2 aliphatic heterocycles. The lowest BCUT2D eigenvalue weighted by molar-refractivity contribution is 0.344. The van der Waals surface area contributed by atoms with Crippen molar-refractivity contribution in [3.8, 4) is 23.0 Å². The summed E-state index contributed by atoms with van der Waals surface area (Å²) in [5.41, 5.74) is 5.07. The van der Waals surface area contributed by atoms with Crippen LogP contribution in [-0.2, 0) is 35.0 Å². The molecule has 1 N–H and O–H groups in total. The highest BCUT2D eigenvalue weighted by Crippen LogP contribution is 2.61. The van der Waals surface area contributed by atoms with E-state index in [1.165, 1.54) is 0 Å². The SMILES string of the molecule is CCCCc1cccnc1C(CC(c1cccc(CCC)n1)S(=O)(=O)O)(N1c2ccccc2Oc2ccccc21)N1c2ccccc2Oc2ccc(CCC)cc21. The molecule has 2 atom stereocenters. The third-order valence-electron chi connectivity index (χ3n) is 10.9. The molecule has 10 heteroatoms. The van der Waals surface area contributed by atoms with Gasteiger partial charge in [0.15, 0.2) is 28.7 Å². The second-order valence-electron chi connectivity index (χ2n) is 14.8. The van der Waals surface area contributed by atoms with Crippen molar-refractivity contribution in [2.45, 2.75) is 83.1 Å². The number of benzene rings is 4. The molecule has 2 aromatic heterocycles. The number of pyridine rings is 2. The van der Waals surface area contributed by atoms with E-state index in [0.29, 0.717) is 58.6 Å². The normalized spacial score (nSPS) is 14.6. The summed E-state index contributed by atoms with van der Waals surface area (Å²) < 4.78 is 53.4. The molecule has 0 saturated carbocycles. The minimum atomic E-state index is -4.83. The van der Waals surface area contributed by atoms with Crippen LogP contribution in [0.15, 0.2) is 128 Å². The minimum Gasteiger partial charge on any atom is -0.453 e. The van der Waals surface area contributed by atoms with Gasteiger partial charge in [0.1, 0.15) is 5.25 Å². The highest BCUT2D eigenvalue weighted by molar-refractivity contribution is 7.86. The van der Waals surface area contributed by atoms with Crippen molar-refractivity contribution in [3.05, 3.63) is 156 Å². The van der Waals surface area contributed by atoms with Crippen molar-refractivity contribution >= 4 is 32.9 Å². The Bertz CT molecular complexity index is 2460. The van der Waals surface area contributed by atoms with Gasteiger partial charge < -0.3 is 19.3 Å². The minimum absolute atomic E-state index is 0.195. The highest BCUT2D eigenvalue weighted by atomic mass is 32.2. The molecule has 0 saturated heterocycles. The van der Waals surface area contributed by atoms with E-state index in [0.717, 1.165) is 54.6 Å². The molecule has 2 unspecified atom stereocenters. The van der Waals surface area contributed by atoms with E-state index in [4.69, 9.17) is 19.4 Å². The Morgan fingerprint density at radius 2 is 1.25 bits per heavy atom. The smallest absolute Gasteiger partial charge is 0.273 e. The van der Waals surface area contributed by atoms with E-state index < -0.39 is 21.0 Å². The molecular formula is C47H48N4O5S. The van der Waals surface area contributed by atoms with Gasteiger partial charge in [-0.05, 0) is 104 Å². The number of unbranched alkanes of at least 4 members (excludes halogenated alkanes) is 1. The van der Waals surface area contributed by atoms with Crippen molar-refractivity contribution in [2.24, 2.45) is 0 Å². The second kappa shape index (κ2) is 16.0. The van der Waals surface area contributed by atoms with E-state index in [1.807, 2.05) is 97.1 Å². The lowest BCUT2D eigenvalue weighted by Crippen LogP contribution is -2.58. The maximum absolute atomic E-state index is 14.3. The van der Waals surface area contributed by atoms with Crippen LogP contribution in [-0.4, -0.2) is 22.9 Å². The van der Waals surface area contributed by atoms with Gasteiger partial charge in [-0.15, -0.1) is 0 Å². The third kappa shape index (κ3) is 7.13. The number of aryl methyl sites for hydroxylation is 3. The maximum atomic E-state index is 14.3. The zero-order valence-electron chi connectivity index (χ0n) is 32.6. The lowest BCUT2D eigenvalue weighted by Gasteiger charge is -2.55. The molecule has 0 aliphatic carbocycles. The first-order chi connectivity index (χ1) is 27.8. The van der Waals surface area contributed by atoms with Crippen LogP contribution in [0.25, 0.3) is 0 Å². The quantitative estimate of drug-likeness (QED) is 0.108. The van der Waals surface area contributed by atoms with Crippen LogP contribution < -0.4 is 19.3 Å². The van der Waals surface area contributed by atoms with E-state index in [1.54, 1.807) is 12.3 Å². The molecule has 292 valence electrons. The number of rotatable bonds is 14. The van der Waals surface area contributed by atoms with Crippen LogP contribution in [0.1, 0.15) is 86.3 Å². The first kappa shape index (κ1) is 38.2. The number of anilines is 4. The summed E-state index contributed by atoms with van der Waals surface area (Å²) in [6.45, 7) is 6.37. The van der Waals surface area contributed by atoms with E-state index >= 15 is 0 Å². The van der Waals surface area contributed by atoms with Crippen molar-refractivity contribution < 1.29 is 22.4 Å². The standard InChI is InChI=1S/C47H48N4O5S/c1-4-7-18-34-19-15-30-48-46(34)47(32-45(57(52,53)54)36-21-14-20-35(49-36)17-6-3,50-37-22-8-11-25-41(37)55-42-26-12-9-23-38(42)50)51-39-24-10-13-27-43(39)56-44-29-28-33(16-5-2)31-40(44)51/h8-15,19-31,45H,4-7,16-18,32H2,1-3H3,(H,52,53,54). The molecule has 0 spiro atoms. The van der Waals surface area contributed by atoms with Crippen LogP contribution in [0, 0.1) is 0 Å². The molecule has 0 bridgehead atoms. The Balaban J connectivity index is 1.57. The average Bonchev–Trinajstić information content (AvgIpc) is 3.22. The van der Waals surface area contributed by atoms with Crippen molar-refractivity contribution in [3.63, 3.8) is 0 Å². The molecule has 6 aromatic rings. The van der Waals surface area contributed by atoms with Gasteiger partial charge >= 0.3 is 0 Å². The Hall–Kier alpha value is -5.71. The van der Waals surface area contributed by atoms with Gasteiger partial charge in [0.2, 0.25) is 0 Å². The third-order valence-corrected chi connectivity index (χ3v) is 12.0. The largest absolute Gasteiger partial charge is 0.453 e. The molecule has 57 heavy (non-hydrogen) atoms. The van der Waals surface area contributed by atoms with Gasteiger partial charge in [-0.3, -0.25) is 14.5 Å². The molecule has 0 fully saturated rings. The van der Waals surface area contributed by atoms with Crippen LogP contribution in [0.2, 0.25) is 0 Å². The number of aromatic nitrogens is 2. The van der Waals surface area contributed by atoms with Gasteiger partial charge in [-0.25, -0.2) is 0 Å². The molecule has 9 nitrogen and oxygen atoms in total. The van der Waals surface area contributed by atoms with Crippen molar-refractivity contribution in [1.29, 1.82) is 0 Å². The molecule has 4 aromatic carbocycles. The molecule has 0 radical (unpaired) electrons. The summed E-state index contributed by atoms with van der Waals surface area (Å²) in [5.74, 6) is 2.41. The van der Waals surface area contributed by atoms with Crippen molar-refractivity contribution in [1.82, 2.24) is 9.97 Å². The Morgan fingerprint density at radius 1 is 0.649 bits per heavy atom. The Morgan fingerprint density at radius 3 is 1.84 bits per heavy atom. The molecular weight excluding hydrogens is 733 g/mol. The molecule has 2 aliphatic rings. The van der Waals surface area contributed by atoms with Crippen LogP contribution in [0.3, 0.4) is 0 Å². The highest BCUT2D eigenvalue weighted by Gasteiger charge is 2.56. The Kier molecular flexibility index (Phi) is 10.7. The average molecular weight is 781 g/mol. The number of hydrogen-bond donors (Lipinski definition) is 1. The first-order valence-electron chi connectivity index (χ1n) is 20.0. The maximum Gasteiger partial charge on any atom is 0.273 e. The lowest BCUT2D eigenvalue weighted by atomic mass is 9.85. The topological polar surface area (TPSA) is 105 Å². The van der Waals surface area contributed by atoms with Gasteiger partial charge in [0.05, 0.1) is 34.1 Å². The second-order valence-corrected chi connectivity index (χ2v) is 16.4. The van der Waals surface area contributed by atoms with Crippen LogP contribution in [0.5, 0.6) is 23.0 Å². The van der Waals surface area contributed by atoms with Crippen molar-refractivity contribution in [2.75, 3.05) is 9.80 Å². The fraction of sp³-hybridized carbons (Fsp3) is 0.277. The summed E-state index contributed by atoms with van der Waals surface area (Å²) in [6, 6.07) is 39.2. The van der Waals surface area contributed by atoms with E-state index in [-0.39, 0.29) is 12.1 Å². The van der Waals surface area contributed by atoms with Gasteiger partial charge in [0, 0.05) is 18.3 Å². The number of fused-ring (bicyclic) bond motifs is 4. The van der Waals surface area contributed by atoms with Gasteiger partial charge in [-0.1, -0.05) is 94.6 Å². The zero-order chi connectivity index (χ0) is 39.6. The number of ether oxygens (including phenoxy) is 2. The van der Waals surface area contributed by atoms with Gasteiger partial charge in [0.25, 0.3) is 10.1 Å². The first-order valence-corrected chi connectivity index (χ1v) is 21.5. The monoisotopic (exact) mass is 780 g/mol. The zero-order valence-corrected chi connectivity index (χ0v) is 33.5. The van der Waals surface area contributed by atoms with Crippen LogP contribution in [0.4, 0.5) is 22.7 Å². The summed E-state index contributed by atoms with van der Waals surface area (Å²) >= 11 is 0. The number of hydrogen-bond acceptors (Lipinski definition) is 8. The van der Waals surface area contributed by atoms with Gasteiger partial charge in [-0.2, -0.15) is 8.42 Å². The van der Waals surface area contributed by atoms with E-state index in [2.05, 4.69) is 48.8 Å². The van der Waals surface area contributed by atoms with Crippen LogP contribution >= 0.6 is 0 Å². The fourth-order valence-electron chi connectivity index (χ4n) is 8.40. The molecule has 0 amide bonds. The van der Waals surface area contributed by atoms with E-state index in [9.17, 15) is 13.0 Å². The number of nitrogens with zero attached hydrogens (tertiary/aromatic N) is 4.